The zero-order valence-electron chi connectivity index (χ0n) is 24.3. The van der Waals surface area contributed by atoms with Crippen LogP contribution in [0.4, 0.5) is 0 Å². The van der Waals surface area contributed by atoms with Crippen molar-refractivity contribution in [2.45, 2.75) is 118 Å². The lowest BCUT2D eigenvalue weighted by Gasteiger charge is -2.64. The Morgan fingerprint density at radius 3 is 2.30 bits per heavy atom. The highest BCUT2D eigenvalue weighted by molar-refractivity contribution is 5.78. The number of ether oxygens (including phenoxy) is 1. The summed E-state index contributed by atoms with van der Waals surface area (Å²) in [5.74, 6) is 1.18. The molecule has 2 spiro atoms. The number of hydrogen-bond donors (Lipinski definition) is 3. The number of aliphatic hydroxyl groups excluding tert-OH is 3. The van der Waals surface area contributed by atoms with Crippen LogP contribution in [0.5, 0.6) is 0 Å². The fourth-order valence-corrected chi connectivity index (χ4v) is 11.4. The summed E-state index contributed by atoms with van der Waals surface area (Å²) in [6.45, 7) is 18.0. The van der Waals surface area contributed by atoms with Gasteiger partial charge >= 0.3 is 5.97 Å². The summed E-state index contributed by atoms with van der Waals surface area (Å²) in [5, 5.41) is 34.6. The van der Waals surface area contributed by atoms with Crippen LogP contribution in [0, 0.1) is 56.7 Å². The van der Waals surface area contributed by atoms with Crippen LogP contribution in [-0.2, 0) is 9.53 Å². The van der Waals surface area contributed by atoms with E-state index < -0.39 is 35.1 Å². The maximum absolute atomic E-state index is 13.1. The molecule has 12 atom stereocenters. The van der Waals surface area contributed by atoms with Crippen LogP contribution in [-0.4, -0.2) is 46.7 Å². The SMILES string of the molecule is C=C(CC[C@@H](C)[C@H]1CC[C@@]2(C)[C@@H]3[C@@H](O)C[C@H]4[C@](C)(C(=O)OC)[C@@H](O)C[C@H](O)[C@@]45C[C@@]35CC[C@]12C)C(C)C. The maximum Gasteiger partial charge on any atom is 0.314 e. The van der Waals surface area contributed by atoms with Gasteiger partial charge in [0.05, 0.1) is 30.8 Å². The van der Waals surface area contributed by atoms with Crippen molar-refractivity contribution in [1.29, 1.82) is 0 Å². The van der Waals surface area contributed by atoms with E-state index in [2.05, 4.69) is 41.2 Å². The molecule has 5 aliphatic rings. The number of esters is 1. The highest BCUT2D eigenvalue weighted by atomic mass is 16.5. The zero-order chi connectivity index (χ0) is 27.3. The van der Waals surface area contributed by atoms with Crippen LogP contribution in [0.15, 0.2) is 12.2 Å². The Bertz CT molecular complexity index is 961. The van der Waals surface area contributed by atoms with Crippen molar-refractivity contribution in [3.05, 3.63) is 12.2 Å². The Labute approximate surface area is 224 Å². The summed E-state index contributed by atoms with van der Waals surface area (Å²) in [6.07, 6.45) is 6.02. The summed E-state index contributed by atoms with van der Waals surface area (Å²) >= 11 is 0. The van der Waals surface area contributed by atoms with Crippen LogP contribution in [0.2, 0.25) is 0 Å². The Hall–Kier alpha value is -0.910. The molecule has 5 fully saturated rings. The van der Waals surface area contributed by atoms with Gasteiger partial charge in [0.25, 0.3) is 0 Å². The highest BCUT2D eigenvalue weighted by Crippen LogP contribution is 2.89. The minimum atomic E-state index is -1.10. The molecule has 0 aromatic rings. The quantitative estimate of drug-likeness (QED) is 0.320. The molecule has 0 bridgehead atoms. The first-order valence-electron chi connectivity index (χ1n) is 15.0. The standard InChI is InChI=1S/C32H52O5/c1-18(2)19(3)9-10-20(4)21-11-12-29(6)26-22(33)15-23-30(7,27(36)37-8)24(34)16-25(35)32(23)17-31(26,32)14-13-28(21,29)5/h18,20-26,33-35H,3,9-17H2,1-2,4-8H3/t20-,21-,22+,23+,24+,25+,26+,28-,29+,30+,31+,32-/m1/s1. The molecule has 3 N–H and O–H groups in total. The van der Waals surface area contributed by atoms with E-state index in [1.807, 2.05) is 6.92 Å². The normalized spacial score (nSPS) is 52.9. The van der Waals surface area contributed by atoms with Crippen molar-refractivity contribution in [3.8, 4) is 0 Å². The second kappa shape index (κ2) is 8.54. The lowest BCUT2D eigenvalue weighted by molar-refractivity contribution is -0.233. The summed E-state index contributed by atoms with van der Waals surface area (Å²) in [6, 6.07) is 0. The lowest BCUT2D eigenvalue weighted by atomic mass is 9.40. The molecule has 0 radical (unpaired) electrons. The second-order valence-electron chi connectivity index (χ2n) is 15.1. The van der Waals surface area contributed by atoms with Crippen molar-refractivity contribution in [3.63, 3.8) is 0 Å². The smallest absolute Gasteiger partial charge is 0.314 e. The third-order valence-corrected chi connectivity index (χ3v) is 13.9. The number of methoxy groups -OCH3 is 1. The molecule has 0 saturated heterocycles. The van der Waals surface area contributed by atoms with Gasteiger partial charge in [0, 0.05) is 11.8 Å². The Morgan fingerprint density at radius 1 is 1.00 bits per heavy atom. The van der Waals surface area contributed by atoms with E-state index in [4.69, 9.17) is 4.74 Å². The molecule has 5 saturated carbocycles. The van der Waals surface area contributed by atoms with Gasteiger partial charge in [0.1, 0.15) is 0 Å². The molecule has 0 aliphatic heterocycles. The molecule has 5 rings (SSSR count). The number of hydrogen-bond acceptors (Lipinski definition) is 5. The third-order valence-electron chi connectivity index (χ3n) is 13.9. The van der Waals surface area contributed by atoms with Gasteiger partial charge in [-0.1, -0.05) is 46.8 Å². The van der Waals surface area contributed by atoms with Crippen molar-refractivity contribution >= 4 is 5.97 Å². The summed E-state index contributed by atoms with van der Waals surface area (Å²) in [5.41, 5.74) is -0.202. The Balaban J connectivity index is 1.47. The molecule has 0 unspecified atom stereocenters. The Morgan fingerprint density at radius 2 is 1.68 bits per heavy atom. The predicted molar refractivity (Wildman–Crippen MR) is 144 cm³/mol. The van der Waals surface area contributed by atoms with Crippen molar-refractivity contribution in [2.24, 2.45) is 56.7 Å². The molecule has 210 valence electrons. The molecule has 0 aromatic carbocycles. The fraction of sp³-hybridized carbons (Fsp3) is 0.906. The van der Waals surface area contributed by atoms with Gasteiger partial charge < -0.3 is 20.1 Å². The molecule has 37 heavy (non-hydrogen) atoms. The van der Waals surface area contributed by atoms with E-state index in [-0.39, 0.29) is 34.5 Å². The third kappa shape index (κ3) is 3.23. The largest absolute Gasteiger partial charge is 0.469 e. The molecule has 5 aliphatic carbocycles. The number of rotatable bonds is 6. The topological polar surface area (TPSA) is 87.0 Å². The molecular formula is C32H52O5. The van der Waals surface area contributed by atoms with E-state index >= 15 is 0 Å². The number of allylic oxidation sites excluding steroid dienone is 1. The molecule has 5 heteroatoms. The monoisotopic (exact) mass is 516 g/mol. The van der Waals surface area contributed by atoms with Crippen LogP contribution >= 0.6 is 0 Å². The molecule has 0 amide bonds. The second-order valence-corrected chi connectivity index (χ2v) is 15.1. The van der Waals surface area contributed by atoms with Crippen molar-refractivity contribution in [2.75, 3.05) is 7.11 Å². The minimum Gasteiger partial charge on any atom is -0.469 e. The van der Waals surface area contributed by atoms with E-state index in [9.17, 15) is 20.1 Å². The first-order chi connectivity index (χ1) is 17.2. The van der Waals surface area contributed by atoms with Gasteiger partial charge in [-0.3, -0.25) is 4.79 Å². The van der Waals surface area contributed by atoms with E-state index in [1.165, 1.54) is 25.5 Å². The number of carbonyl (C=O) groups is 1. The molecule has 0 heterocycles. The zero-order valence-corrected chi connectivity index (χ0v) is 24.3. The van der Waals surface area contributed by atoms with Crippen LogP contribution < -0.4 is 0 Å². The number of aliphatic hydroxyl groups is 3. The van der Waals surface area contributed by atoms with Gasteiger partial charge in [-0.05, 0) is 104 Å². The van der Waals surface area contributed by atoms with Gasteiger partial charge in [-0.25, -0.2) is 0 Å². The minimum absolute atomic E-state index is 0.00936. The molecular weight excluding hydrogens is 464 g/mol. The number of fused-ring (bicyclic) bond motifs is 2. The van der Waals surface area contributed by atoms with Crippen LogP contribution in [0.1, 0.15) is 99.3 Å². The van der Waals surface area contributed by atoms with Gasteiger partial charge in [0.2, 0.25) is 0 Å². The van der Waals surface area contributed by atoms with E-state index in [1.54, 1.807) is 0 Å². The molecule has 0 aromatic heterocycles. The average molecular weight is 517 g/mol. The first-order valence-corrected chi connectivity index (χ1v) is 15.0. The average Bonchev–Trinajstić information content (AvgIpc) is 3.44. The molecule has 5 nitrogen and oxygen atoms in total. The Kier molecular flexibility index (Phi) is 6.38. The van der Waals surface area contributed by atoms with Gasteiger partial charge in [-0.15, -0.1) is 0 Å². The lowest BCUT2D eigenvalue weighted by Crippen LogP contribution is -2.66. The fourth-order valence-electron chi connectivity index (χ4n) is 11.4. The van der Waals surface area contributed by atoms with Gasteiger partial charge in [-0.2, -0.15) is 0 Å². The van der Waals surface area contributed by atoms with Crippen LogP contribution in [0.25, 0.3) is 0 Å². The van der Waals surface area contributed by atoms with E-state index in [0.29, 0.717) is 24.2 Å². The first kappa shape index (κ1) is 27.6. The van der Waals surface area contributed by atoms with Crippen LogP contribution in [0.3, 0.4) is 0 Å². The maximum atomic E-state index is 13.1. The van der Waals surface area contributed by atoms with Crippen molar-refractivity contribution in [1.82, 2.24) is 0 Å². The van der Waals surface area contributed by atoms with Gasteiger partial charge in [0.15, 0.2) is 0 Å². The summed E-state index contributed by atoms with van der Waals surface area (Å²) < 4.78 is 5.21. The van der Waals surface area contributed by atoms with E-state index in [0.717, 1.165) is 32.1 Å². The highest BCUT2D eigenvalue weighted by Gasteiger charge is 2.87. The predicted octanol–water partition coefficient (Wildman–Crippen LogP) is 5.51. The summed E-state index contributed by atoms with van der Waals surface area (Å²) in [7, 11) is 1.38. The number of carbonyl (C=O) groups excluding carboxylic acids is 1. The summed E-state index contributed by atoms with van der Waals surface area (Å²) in [4.78, 5) is 13.1. The van der Waals surface area contributed by atoms with Crippen molar-refractivity contribution < 1.29 is 24.9 Å².